The standard InChI is InChI=1S/C16H23BrFN3O/c1-3-5-20(2)9-11-4-6-21(10-11)14-8-12(17)7-13(18)15(14)16(19)22/h7-8,11H,3-6,9-10H2,1-2H3,(H2,19,22). The number of amides is 1. The minimum Gasteiger partial charge on any atom is -0.370 e. The lowest BCUT2D eigenvalue weighted by Gasteiger charge is -2.23. The fourth-order valence-corrected chi connectivity index (χ4v) is 3.59. The first kappa shape index (κ1) is 17.2. The first-order valence-electron chi connectivity index (χ1n) is 7.64. The first-order chi connectivity index (χ1) is 10.4. The smallest absolute Gasteiger partial charge is 0.253 e. The van der Waals surface area contributed by atoms with E-state index in [1.54, 1.807) is 6.07 Å². The van der Waals surface area contributed by atoms with Crippen LogP contribution >= 0.6 is 15.9 Å². The molecule has 1 unspecified atom stereocenters. The van der Waals surface area contributed by atoms with E-state index in [1.807, 2.05) is 0 Å². The van der Waals surface area contributed by atoms with Crippen molar-refractivity contribution < 1.29 is 9.18 Å². The van der Waals surface area contributed by atoms with Crippen LogP contribution in [0.1, 0.15) is 30.1 Å². The minimum atomic E-state index is -0.716. The Morgan fingerprint density at radius 1 is 1.55 bits per heavy atom. The van der Waals surface area contributed by atoms with Gasteiger partial charge in [-0.2, -0.15) is 0 Å². The van der Waals surface area contributed by atoms with E-state index in [0.717, 1.165) is 39.0 Å². The molecule has 1 aliphatic rings. The molecule has 1 aromatic carbocycles. The Labute approximate surface area is 139 Å². The summed E-state index contributed by atoms with van der Waals surface area (Å²) in [6.45, 7) is 5.91. The topological polar surface area (TPSA) is 49.6 Å². The number of carbonyl (C=O) groups excluding carboxylic acids is 1. The number of hydrogen-bond donors (Lipinski definition) is 1. The zero-order valence-corrected chi connectivity index (χ0v) is 14.7. The highest BCUT2D eigenvalue weighted by atomic mass is 79.9. The van der Waals surface area contributed by atoms with Crippen LogP contribution in [0.15, 0.2) is 16.6 Å². The number of halogens is 2. The summed E-state index contributed by atoms with van der Waals surface area (Å²) < 4.78 is 14.7. The van der Waals surface area contributed by atoms with Gasteiger partial charge in [-0.15, -0.1) is 0 Å². The first-order valence-corrected chi connectivity index (χ1v) is 8.44. The summed E-state index contributed by atoms with van der Waals surface area (Å²) in [5, 5.41) is 0. The molecule has 0 saturated carbocycles. The predicted molar refractivity (Wildman–Crippen MR) is 90.7 cm³/mol. The average Bonchev–Trinajstić information content (AvgIpc) is 2.85. The zero-order valence-electron chi connectivity index (χ0n) is 13.1. The molecule has 1 atom stereocenters. The van der Waals surface area contributed by atoms with Crippen molar-refractivity contribution in [1.29, 1.82) is 0 Å². The van der Waals surface area contributed by atoms with Gasteiger partial charge in [0, 0.05) is 24.1 Å². The number of nitrogens with two attached hydrogens (primary N) is 1. The third kappa shape index (κ3) is 3.98. The lowest BCUT2D eigenvalue weighted by molar-refractivity contribution is 0.0997. The van der Waals surface area contributed by atoms with Crippen molar-refractivity contribution in [3.63, 3.8) is 0 Å². The van der Waals surface area contributed by atoms with Crippen LogP contribution in [0.2, 0.25) is 0 Å². The van der Waals surface area contributed by atoms with Gasteiger partial charge in [-0.1, -0.05) is 22.9 Å². The molecule has 1 amide bonds. The number of benzene rings is 1. The summed E-state index contributed by atoms with van der Waals surface area (Å²) in [6.07, 6.45) is 2.18. The summed E-state index contributed by atoms with van der Waals surface area (Å²) >= 11 is 3.29. The van der Waals surface area contributed by atoms with Crippen molar-refractivity contribution in [3.05, 3.63) is 28.0 Å². The fourth-order valence-electron chi connectivity index (χ4n) is 3.17. The summed E-state index contributed by atoms with van der Waals surface area (Å²) in [5.41, 5.74) is 5.95. The van der Waals surface area contributed by atoms with Crippen molar-refractivity contribution in [1.82, 2.24) is 4.90 Å². The van der Waals surface area contributed by atoms with E-state index in [0.29, 0.717) is 16.1 Å². The van der Waals surface area contributed by atoms with Crippen molar-refractivity contribution in [3.8, 4) is 0 Å². The highest BCUT2D eigenvalue weighted by molar-refractivity contribution is 9.10. The molecule has 122 valence electrons. The molecule has 1 aliphatic heterocycles. The van der Waals surface area contributed by atoms with Crippen LogP contribution in [0.5, 0.6) is 0 Å². The molecule has 22 heavy (non-hydrogen) atoms. The molecular formula is C16H23BrFN3O. The maximum atomic E-state index is 14.1. The highest BCUT2D eigenvalue weighted by Crippen LogP contribution is 2.31. The highest BCUT2D eigenvalue weighted by Gasteiger charge is 2.27. The van der Waals surface area contributed by atoms with Gasteiger partial charge in [0.15, 0.2) is 0 Å². The zero-order chi connectivity index (χ0) is 16.3. The second kappa shape index (κ2) is 7.42. The van der Waals surface area contributed by atoms with Gasteiger partial charge < -0.3 is 15.5 Å². The Balaban J connectivity index is 2.15. The maximum Gasteiger partial charge on any atom is 0.253 e. The molecule has 1 saturated heterocycles. The van der Waals surface area contributed by atoms with Crippen LogP contribution in [0, 0.1) is 11.7 Å². The van der Waals surface area contributed by atoms with Crippen LogP contribution in [-0.4, -0.2) is 44.0 Å². The monoisotopic (exact) mass is 371 g/mol. The second-order valence-corrected chi connectivity index (χ2v) is 6.92. The number of carbonyl (C=O) groups is 1. The average molecular weight is 372 g/mol. The second-order valence-electron chi connectivity index (χ2n) is 6.01. The molecule has 2 rings (SSSR count). The van der Waals surface area contributed by atoms with Crippen molar-refractivity contribution in [2.24, 2.45) is 11.7 Å². The van der Waals surface area contributed by atoms with Gasteiger partial charge in [-0.05, 0) is 44.5 Å². The van der Waals surface area contributed by atoms with Crippen LogP contribution in [0.25, 0.3) is 0 Å². The Morgan fingerprint density at radius 2 is 2.27 bits per heavy atom. The molecular weight excluding hydrogens is 349 g/mol. The third-order valence-corrected chi connectivity index (χ3v) is 4.54. The number of rotatable bonds is 6. The lowest BCUT2D eigenvalue weighted by Crippen LogP contribution is -2.30. The summed E-state index contributed by atoms with van der Waals surface area (Å²) in [7, 11) is 2.12. The van der Waals surface area contributed by atoms with Gasteiger partial charge in [-0.3, -0.25) is 4.79 Å². The van der Waals surface area contributed by atoms with E-state index in [2.05, 4.69) is 39.7 Å². The molecule has 0 bridgehead atoms. The van der Waals surface area contributed by atoms with Crippen molar-refractivity contribution in [2.75, 3.05) is 38.1 Å². The van der Waals surface area contributed by atoms with Crippen LogP contribution in [0.4, 0.5) is 10.1 Å². The normalized spacial score (nSPS) is 18.2. The Morgan fingerprint density at radius 3 is 2.91 bits per heavy atom. The third-order valence-electron chi connectivity index (χ3n) is 4.08. The van der Waals surface area contributed by atoms with Crippen LogP contribution in [0.3, 0.4) is 0 Å². The van der Waals surface area contributed by atoms with Gasteiger partial charge in [-0.25, -0.2) is 4.39 Å². The summed E-state index contributed by atoms with van der Waals surface area (Å²) in [4.78, 5) is 16.0. The summed E-state index contributed by atoms with van der Waals surface area (Å²) in [5.74, 6) is -0.755. The molecule has 1 aromatic rings. The molecule has 2 N–H and O–H groups in total. The SMILES string of the molecule is CCCN(C)CC1CCN(c2cc(Br)cc(F)c2C(N)=O)C1. The van der Waals surface area contributed by atoms with Gasteiger partial charge in [0.2, 0.25) is 0 Å². The maximum absolute atomic E-state index is 14.1. The molecule has 6 heteroatoms. The van der Waals surface area contributed by atoms with E-state index >= 15 is 0 Å². The molecule has 0 radical (unpaired) electrons. The Kier molecular flexibility index (Phi) is 5.81. The van der Waals surface area contributed by atoms with E-state index in [4.69, 9.17) is 5.73 Å². The van der Waals surface area contributed by atoms with E-state index < -0.39 is 11.7 Å². The molecule has 1 fully saturated rings. The van der Waals surface area contributed by atoms with Crippen LogP contribution in [-0.2, 0) is 0 Å². The lowest BCUT2D eigenvalue weighted by atomic mass is 10.1. The Bertz CT molecular complexity index is 552. The predicted octanol–water partition coefficient (Wildman–Crippen LogP) is 2.86. The summed E-state index contributed by atoms with van der Waals surface area (Å²) in [6, 6.07) is 3.06. The largest absolute Gasteiger partial charge is 0.370 e. The van der Waals surface area contributed by atoms with E-state index in [9.17, 15) is 9.18 Å². The number of anilines is 1. The molecule has 0 aromatic heterocycles. The van der Waals surface area contributed by atoms with E-state index in [-0.39, 0.29) is 5.56 Å². The van der Waals surface area contributed by atoms with Gasteiger partial charge in [0.25, 0.3) is 5.91 Å². The number of primary amides is 1. The van der Waals surface area contributed by atoms with Gasteiger partial charge in [0.05, 0.1) is 11.3 Å². The molecule has 0 aliphatic carbocycles. The van der Waals surface area contributed by atoms with Crippen molar-refractivity contribution in [2.45, 2.75) is 19.8 Å². The molecule has 4 nitrogen and oxygen atoms in total. The van der Waals surface area contributed by atoms with Gasteiger partial charge in [0.1, 0.15) is 5.82 Å². The van der Waals surface area contributed by atoms with Crippen molar-refractivity contribution >= 4 is 27.5 Å². The Hall–Kier alpha value is -1.14. The molecule has 1 heterocycles. The van der Waals surface area contributed by atoms with E-state index in [1.165, 1.54) is 6.07 Å². The minimum absolute atomic E-state index is 0.00855. The quantitative estimate of drug-likeness (QED) is 0.836. The fraction of sp³-hybridized carbons (Fsp3) is 0.562. The number of nitrogens with zero attached hydrogens (tertiary/aromatic N) is 2. The van der Waals surface area contributed by atoms with Crippen LogP contribution < -0.4 is 10.6 Å². The number of hydrogen-bond acceptors (Lipinski definition) is 3. The van der Waals surface area contributed by atoms with Gasteiger partial charge >= 0.3 is 0 Å². The molecule has 0 spiro atoms.